The van der Waals surface area contributed by atoms with Crippen LogP contribution in [0.15, 0.2) is 48.5 Å². The van der Waals surface area contributed by atoms with Crippen LogP contribution in [0.1, 0.15) is 11.1 Å². The first-order valence-corrected chi connectivity index (χ1v) is 10.2. The molecular formula is C23H26ClN3O. The summed E-state index contributed by atoms with van der Waals surface area (Å²) in [6.07, 6.45) is 0. The smallest absolute Gasteiger partial charge is 0.0755 e. The maximum atomic E-state index is 6.24. The van der Waals surface area contributed by atoms with Gasteiger partial charge in [-0.2, -0.15) is 0 Å². The summed E-state index contributed by atoms with van der Waals surface area (Å²) in [7, 11) is 0. The van der Waals surface area contributed by atoms with Crippen LogP contribution >= 0.6 is 11.6 Å². The maximum Gasteiger partial charge on any atom is 0.0755 e. The number of aromatic nitrogens is 1. The molecule has 0 unspecified atom stereocenters. The van der Waals surface area contributed by atoms with Crippen LogP contribution in [0.5, 0.6) is 0 Å². The summed E-state index contributed by atoms with van der Waals surface area (Å²) in [6.45, 7) is 8.58. The number of ether oxygens (including phenoxy) is 1. The third-order valence-electron chi connectivity index (χ3n) is 5.17. The Balaban J connectivity index is 1.56. The minimum atomic E-state index is 0.731. The first kappa shape index (κ1) is 19.3. The van der Waals surface area contributed by atoms with Gasteiger partial charge < -0.3 is 10.1 Å². The number of fused-ring (bicyclic) bond motifs is 1. The van der Waals surface area contributed by atoms with Crippen molar-refractivity contribution in [1.29, 1.82) is 0 Å². The van der Waals surface area contributed by atoms with Crippen LogP contribution in [0.25, 0.3) is 22.2 Å². The minimum absolute atomic E-state index is 0.731. The summed E-state index contributed by atoms with van der Waals surface area (Å²) >= 11 is 6.24. The molecule has 2 aromatic carbocycles. The molecule has 1 aromatic heterocycles. The van der Waals surface area contributed by atoms with Gasteiger partial charge in [-0.15, -0.1) is 0 Å². The Morgan fingerprint density at radius 2 is 1.96 bits per heavy atom. The van der Waals surface area contributed by atoms with E-state index in [9.17, 15) is 0 Å². The largest absolute Gasteiger partial charge is 0.379 e. The van der Waals surface area contributed by atoms with Gasteiger partial charge in [-0.1, -0.05) is 35.9 Å². The van der Waals surface area contributed by atoms with Crippen molar-refractivity contribution in [3.8, 4) is 11.3 Å². The lowest BCUT2D eigenvalue weighted by atomic mass is 10.0. The number of hydrogen-bond acceptors (Lipinski definition) is 4. The van der Waals surface area contributed by atoms with Crippen LogP contribution in [-0.4, -0.2) is 49.3 Å². The molecule has 28 heavy (non-hydrogen) atoms. The summed E-state index contributed by atoms with van der Waals surface area (Å²) in [4.78, 5) is 7.43. The second-order valence-corrected chi connectivity index (χ2v) is 7.77. The predicted octanol–water partition coefficient (Wildman–Crippen LogP) is 4.29. The molecule has 0 spiro atoms. The van der Waals surface area contributed by atoms with Crippen molar-refractivity contribution >= 4 is 22.5 Å². The Labute approximate surface area is 171 Å². The lowest BCUT2D eigenvalue weighted by molar-refractivity contribution is 0.0384. The summed E-state index contributed by atoms with van der Waals surface area (Å²) in [5.41, 5.74) is 5.49. The molecule has 5 heteroatoms. The lowest BCUT2D eigenvalue weighted by Crippen LogP contribution is -2.40. The van der Waals surface area contributed by atoms with Crippen molar-refractivity contribution in [2.45, 2.75) is 13.5 Å². The van der Waals surface area contributed by atoms with Crippen LogP contribution in [0, 0.1) is 6.92 Å². The fraction of sp³-hybridized carbons (Fsp3) is 0.348. The maximum absolute atomic E-state index is 6.24. The molecule has 1 fully saturated rings. The Morgan fingerprint density at radius 1 is 1.11 bits per heavy atom. The third-order valence-corrected chi connectivity index (χ3v) is 5.41. The Hall–Kier alpha value is -1.98. The van der Waals surface area contributed by atoms with Crippen LogP contribution < -0.4 is 5.32 Å². The van der Waals surface area contributed by atoms with Gasteiger partial charge in [0.05, 0.1) is 24.4 Å². The van der Waals surface area contributed by atoms with E-state index in [1.54, 1.807) is 0 Å². The minimum Gasteiger partial charge on any atom is -0.379 e. The van der Waals surface area contributed by atoms with Crippen molar-refractivity contribution < 1.29 is 4.74 Å². The highest BCUT2D eigenvalue weighted by Gasteiger charge is 2.12. The van der Waals surface area contributed by atoms with Crippen molar-refractivity contribution in [2.75, 3.05) is 39.4 Å². The number of nitrogens with zero attached hydrogens (tertiary/aromatic N) is 2. The number of hydrogen-bond donors (Lipinski definition) is 1. The molecule has 0 aliphatic carbocycles. The second kappa shape index (κ2) is 9.01. The predicted molar refractivity (Wildman–Crippen MR) is 116 cm³/mol. The van der Waals surface area contributed by atoms with Crippen LogP contribution in [0.4, 0.5) is 0 Å². The monoisotopic (exact) mass is 395 g/mol. The lowest BCUT2D eigenvalue weighted by Gasteiger charge is -2.26. The van der Waals surface area contributed by atoms with Gasteiger partial charge in [-0.05, 0) is 42.3 Å². The molecular weight excluding hydrogens is 370 g/mol. The highest BCUT2D eigenvalue weighted by atomic mass is 35.5. The number of morpholine rings is 1. The molecule has 0 amide bonds. The Kier molecular flexibility index (Phi) is 6.23. The average Bonchev–Trinajstić information content (AvgIpc) is 2.71. The number of pyridine rings is 1. The fourth-order valence-electron chi connectivity index (χ4n) is 3.63. The summed E-state index contributed by atoms with van der Waals surface area (Å²) < 4.78 is 5.42. The van der Waals surface area contributed by atoms with Gasteiger partial charge in [0.25, 0.3) is 0 Å². The molecule has 4 nitrogen and oxygen atoms in total. The van der Waals surface area contributed by atoms with Gasteiger partial charge >= 0.3 is 0 Å². The third kappa shape index (κ3) is 4.70. The van der Waals surface area contributed by atoms with Gasteiger partial charge in [0.15, 0.2) is 0 Å². The van der Waals surface area contributed by atoms with Crippen molar-refractivity contribution in [3.05, 3.63) is 64.7 Å². The average molecular weight is 396 g/mol. The van der Waals surface area contributed by atoms with E-state index >= 15 is 0 Å². The molecule has 0 bridgehead atoms. The molecule has 0 radical (unpaired) electrons. The number of aryl methyl sites for hydroxylation is 1. The van der Waals surface area contributed by atoms with E-state index in [4.69, 9.17) is 21.3 Å². The molecule has 2 heterocycles. The topological polar surface area (TPSA) is 37.4 Å². The van der Waals surface area contributed by atoms with Crippen molar-refractivity contribution in [3.63, 3.8) is 0 Å². The Bertz CT molecular complexity index is 954. The number of rotatable bonds is 6. The zero-order valence-corrected chi connectivity index (χ0v) is 17.0. The summed E-state index contributed by atoms with van der Waals surface area (Å²) in [5, 5.41) is 5.49. The fourth-order valence-corrected chi connectivity index (χ4v) is 3.82. The van der Waals surface area contributed by atoms with E-state index < -0.39 is 0 Å². The van der Waals surface area contributed by atoms with Crippen LogP contribution in [-0.2, 0) is 11.3 Å². The van der Waals surface area contributed by atoms with Crippen molar-refractivity contribution in [1.82, 2.24) is 15.2 Å². The van der Waals surface area contributed by atoms with Gasteiger partial charge in [0.2, 0.25) is 0 Å². The zero-order chi connectivity index (χ0) is 19.3. The quantitative estimate of drug-likeness (QED) is 0.632. The highest BCUT2D eigenvalue weighted by Crippen LogP contribution is 2.28. The van der Waals surface area contributed by atoms with Gasteiger partial charge in [0.1, 0.15) is 0 Å². The van der Waals surface area contributed by atoms with Gasteiger partial charge in [-0.3, -0.25) is 4.90 Å². The van der Waals surface area contributed by atoms with Crippen LogP contribution in [0.2, 0.25) is 5.02 Å². The SMILES string of the molecule is Cc1ccc2cc(CNCCN3CCOCC3)c(-c3cccc(Cl)c3)nc2c1. The molecule has 3 aromatic rings. The van der Waals surface area contributed by atoms with E-state index in [1.807, 2.05) is 18.2 Å². The molecule has 1 aliphatic rings. The van der Waals surface area contributed by atoms with Gasteiger partial charge in [0, 0.05) is 48.7 Å². The van der Waals surface area contributed by atoms with E-state index in [2.05, 4.69) is 47.5 Å². The molecule has 146 valence electrons. The summed E-state index contributed by atoms with van der Waals surface area (Å²) in [5.74, 6) is 0. The van der Waals surface area contributed by atoms with E-state index in [1.165, 1.54) is 16.5 Å². The summed E-state index contributed by atoms with van der Waals surface area (Å²) in [6, 6.07) is 16.6. The first-order valence-electron chi connectivity index (χ1n) is 9.86. The number of nitrogens with one attached hydrogen (secondary N) is 1. The number of halogens is 1. The van der Waals surface area contributed by atoms with E-state index in [0.717, 1.165) is 67.7 Å². The molecule has 0 atom stereocenters. The number of benzene rings is 2. The zero-order valence-electron chi connectivity index (χ0n) is 16.2. The Morgan fingerprint density at radius 3 is 2.79 bits per heavy atom. The molecule has 0 saturated carbocycles. The molecule has 1 saturated heterocycles. The van der Waals surface area contributed by atoms with Crippen molar-refractivity contribution in [2.24, 2.45) is 0 Å². The second-order valence-electron chi connectivity index (χ2n) is 7.33. The first-order chi connectivity index (χ1) is 13.7. The van der Waals surface area contributed by atoms with Gasteiger partial charge in [-0.25, -0.2) is 4.98 Å². The van der Waals surface area contributed by atoms with E-state index in [0.29, 0.717) is 0 Å². The van der Waals surface area contributed by atoms with Crippen LogP contribution in [0.3, 0.4) is 0 Å². The van der Waals surface area contributed by atoms with E-state index in [-0.39, 0.29) is 0 Å². The molecule has 4 rings (SSSR count). The normalized spacial score (nSPS) is 15.2. The molecule has 1 aliphatic heterocycles. The standard InChI is InChI=1S/C23H26ClN3O/c1-17-5-6-18-14-20(16-25-7-8-27-9-11-28-12-10-27)23(26-22(18)13-17)19-3-2-4-21(24)15-19/h2-6,13-15,25H,7-12,16H2,1H3. The highest BCUT2D eigenvalue weighted by molar-refractivity contribution is 6.30. The molecule has 1 N–H and O–H groups in total.